The Hall–Kier alpha value is -3.48. The lowest BCUT2D eigenvalue weighted by Gasteiger charge is -2.21. The molecule has 0 aliphatic rings. The Kier molecular flexibility index (Phi) is 6.51. The lowest BCUT2D eigenvalue weighted by Crippen LogP contribution is -2.36. The average Bonchev–Trinajstić information content (AvgIpc) is 2.71. The van der Waals surface area contributed by atoms with Crippen LogP contribution in [-0.2, 0) is 13.0 Å². The Morgan fingerprint density at radius 3 is 2.71 bits per heavy atom. The fourth-order valence-corrected chi connectivity index (χ4v) is 2.85. The molecule has 1 N–H and O–H groups in total. The highest BCUT2D eigenvalue weighted by molar-refractivity contribution is 5.89. The van der Waals surface area contributed by atoms with Crippen molar-refractivity contribution >= 4 is 11.7 Å². The van der Waals surface area contributed by atoms with Crippen LogP contribution in [0.4, 0.5) is 10.5 Å². The number of rotatable bonds is 7. The molecule has 0 saturated carbocycles. The highest BCUT2D eigenvalue weighted by atomic mass is 16.2. The summed E-state index contributed by atoms with van der Waals surface area (Å²) < 4.78 is 1.52. The van der Waals surface area contributed by atoms with E-state index in [0.717, 1.165) is 11.3 Å². The van der Waals surface area contributed by atoms with Gasteiger partial charge in [0.25, 0.3) is 0 Å². The first-order valence-corrected chi connectivity index (χ1v) is 9.22. The number of carbonyl (C=O) groups excluding carboxylic acids is 1. The summed E-state index contributed by atoms with van der Waals surface area (Å²) in [6, 6.07) is 14.8. The van der Waals surface area contributed by atoms with Crippen molar-refractivity contribution in [1.82, 2.24) is 19.4 Å². The van der Waals surface area contributed by atoms with Crippen molar-refractivity contribution in [2.75, 3.05) is 18.4 Å². The molecular formula is C21H23N5O2. The molecule has 2 heterocycles. The molecule has 0 unspecified atom stereocenters. The van der Waals surface area contributed by atoms with E-state index in [4.69, 9.17) is 0 Å². The van der Waals surface area contributed by atoms with Gasteiger partial charge >= 0.3 is 11.7 Å². The molecule has 28 heavy (non-hydrogen) atoms. The Bertz CT molecular complexity index is 972. The van der Waals surface area contributed by atoms with Crippen molar-refractivity contribution in [1.29, 1.82) is 0 Å². The number of likely N-dealkylation sites (N-methyl/N-ethyl adjacent to an activating group) is 1. The molecule has 7 nitrogen and oxygen atoms in total. The Labute approximate surface area is 163 Å². The predicted molar refractivity (Wildman–Crippen MR) is 108 cm³/mol. The third kappa shape index (κ3) is 5.26. The van der Waals surface area contributed by atoms with Crippen molar-refractivity contribution < 1.29 is 4.79 Å². The maximum absolute atomic E-state index is 12.6. The van der Waals surface area contributed by atoms with E-state index in [-0.39, 0.29) is 11.7 Å². The van der Waals surface area contributed by atoms with Gasteiger partial charge in [-0.15, -0.1) is 0 Å². The Morgan fingerprint density at radius 1 is 1.11 bits per heavy atom. The van der Waals surface area contributed by atoms with Crippen molar-refractivity contribution in [3.05, 3.63) is 88.9 Å². The number of anilines is 1. The summed E-state index contributed by atoms with van der Waals surface area (Å²) in [6.07, 6.45) is 5.62. The van der Waals surface area contributed by atoms with Crippen LogP contribution in [0.25, 0.3) is 0 Å². The topological polar surface area (TPSA) is 80.1 Å². The van der Waals surface area contributed by atoms with E-state index in [0.29, 0.717) is 31.7 Å². The summed E-state index contributed by atoms with van der Waals surface area (Å²) in [5.41, 5.74) is 2.25. The van der Waals surface area contributed by atoms with Crippen LogP contribution in [0.3, 0.4) is 0 Å². The first-order chi connectivity index (χ1) is 13.7. The summed E-state index contributed by atoms with van der Waals surface area (Å²) in [5.74, 6) is 0. The highest BCUT2D eigenvalue weighted by Gasteiger charge is 2.12. The third-order valence-electron chi connectivity index (χ3n) is 4.35. The molecule has 0 radical (unpaired) electrons. The maximum atomic E-state index is 12.6. The molecule has 0 fully saturated rings. The van der Waals surface area contributed by atoms with Crippen molar-refractivity contribution in [2.45, 2.75) is 19.9 Å². The van der Waals surface area contributed by atoms with E-state index >= 15 is 0 Å². The molecule has 0 aliphatic carbocycles. The monoisotopic (exact) mass is 377 g/mol. The molecule has 1 aromatic carbocycles. The second kappa shape index (κ2) is 9.45. The lowest BCUT2D eigenvalue weighted by atomic mass is 10.2. The largest absolute Gasteiger partial charge is 0.347 e. The van der Waals surface area contributed by atoms with E-state index in [1.54, 1.807) is 23.4 Å². The maximum Gasteiger partial charge on any atom is 0.347 e. The zero-order chi connectivity index (χ0) is 19.8. The molecular weight excluding hydrogens is 354 g/mol. The SMILES string of the molecule is CCN(CCc1ccccn1)C(=O)Nc1cccc(Cn2cccnc2=O)c1. The van der Waals surface area contributed by atoms with Crippen molar-refractivity contribution in [3.63, 3.8) is 0 Å². The molecule has 2 aromatic heterocycles. The van der Waals surface area contributed by atoms with Crippen LogP contribution in [0, 0.1) is 0 Å². The van der Waals surface area contributed by atoms with Crippen molar-refractivity contribution in [2.24, 2.45) is 0 Å². The van der Waals surface area contributed by atoms with Gasteiger partial charge in [-0.3, -0.25) is 9.55 Å². The number of aromatic nitrogens is 3. The summed E-state index contributed by atoms with van der Waals surface area (Å²) >= 11 is 0. The molecule has 2 amide bonds. The van der Waals surface area contributed by atoms with Crippen LogP contribution in [0.15, 0.2) is 71.9 Å². The fourth-order valence-electron chi connectivity index (χ4n) is 2.85. The number of pyridine rings is 1. The lowest BCUT2D eigenvalue weighted by molar-refractivity contribution is 0.215. The minimum atomic E-state index is -0.302. The van der Waals surface area contributed by atoms with Crippen LogP contribution in [0.2, 0.25) is 0 Å². The molecule has 0 spiro atoms. The van der Waals surface area contributed by atoms with E-state index < -0.39 is 0 Å². The summed E-state index contributed by atoms with van der Waals surface area (Å²) in [6.45, 7) is 3.53. The molecule has 0 aliphatic heterocycles. The first-order valence-electron chi connectivity index (χ1n) is 9.22. The van der Waals surface area contributed by atoms with Gasteiger partial charge in [0.1, 0.15) is 0 Å². The van der Waals surface area contributed by atoms with E-state index in [9.17, 15) is 9.59 Å². The average molecular weight is 377 g/mol. The second-order valence-electron chi connectivity index (χ2n) is 6.31. The standard InChI is InChI=1S/C21H23N5O2/c1-2-25(14-10-18-8-3-4-11-22-18)21(28)24-19-9-5-7-17(15-19)16-26-13-6-12-23-20(26)27/h3-9,11-13,15H,2,10,14,16H2,1H3,(H,24,28). The van der Waals surface area contributed by atoms with Gasteiger partial charge in [-0.25, -0.2) is 14.6 Å². The normalized spacial score (nSPS) is 10.5. The minimum absolute atomic E-state index is 0.158. The number of urea groups is 1. The molecule has 3 aromatic rings. The third-order valence-corrected chi connectivity index (χ3v) is 4.35. The number of nitrogens with one attached hydrogen (secondary N) is 1. The van der Waals surface area contributed by atoms with E-state index in [2.05, 4.69) is 15.3 Å². The van der Waals surface area contributed by atoms with Gasteiger partial charge in [0, 0.05) is 49.5 Å². The van der Waals surface area contributed by atoms with Gasteiger partial charge in [-0.1, -0.05) is 18.2 Å². The number of hydrogen-bond acceptors (Lipinski definition) is 4. The van der Waals surface area contributed by atoms with Crippen molar-refractivity contribution in [3.8, 4) is 0 Å². The molecule has 0 atom stereocenters. The first kappa shape index (κ1) is 19.3. The zero-order valence-electron chi connectivity index (χ0n) is 15.8. The number of amides is 2. The summed E-state index contributed by atoms with van der Waals surface area (Å²) in [7, 11) is 0. The number of carbonyl (C=O) groups is 1. The summed E-state index contributed by atoms with van der Waals surface area (Å²) in [5, 5.41) is 2.93. The van der Waals surface area contributed by atoms with E-state index in [1.165, 1.54) is 10.8 Å². The van der Waals surface area contributed by atoms with Crippen LogP contribution in [-0.4, -0.2) is 38.6 Å². The second-order valence-corrected chi connectivity index (χ2v) is 6.31. The quantitative estimate of drug-likeness (QED) is 0.687. The highest BCUT2D eigenvalue weighted by Crippen LogP contribution is 2.12. The fraction of sp³-hybridized carbons (Fsp3) is 0.238. The molecule has 3 rings (SSSR count). The molecule has 144 valence electrons. The van der Waals surface area contributed by atoms with Gasteiger partial charge < -0.3 is 10.2 Å². The number of hydrogen-bond donors (Lipinski definition) is 1. The van der Waals surface area contributed by atoms with Gasteiger partial charge in [-0.2, -0.15) is 0 Å². The van der Waals surface area contributed by atoms with Gasteiger partial charge in [0.15, 0.2) is 0 Å². The van der Waals surface area contributed by atoms with E-state index in [1.807, 2.05) is 49.4 Å². The van der Waals surface area contributed by atoms with Gasteiger partial charge in [-0.05, 0) is 42.8 Å². The van der Waals surface area contributed by atoms with Crippen LogP contribution < -0.4 is 11.0 Å². The minimum Gasteiger partial charge on any atom is -0.324 e. The zero-order valence-corrected chi connectivity index (χ0v) is 15.8. The number of benzene rings is 1. The smallest absolute Gasteiger partial charge is 0.324 e. The molecule has 0 saturated heterocycles. The van der Waals surface area contributed by atoms with Gasteiger partial charge in [0.2, 0.25) is 0 Å². The molecule has 7 heteroatoms. The Balaban J connectivity index is 1.62. The Morgan fingerprint density at radius 2 is 1.96 bits per heavy atom. The summed E-state index contributed by atoms with van der Waals surface area (Å²) in [4.78, 5) is 34.2. The molecule has 0 bridgehead atoms. The number of nitrogens with zero attached hydrogens (tertiary/aromatic N) is 4. The van der Waals surface area contributed by atoms with Crippen LogP contribution in [0.5, 0.6) is 0 Å². The van der Waals surface area contributed by atoms with Crippen LogP contribution >= 0.6 is 0 Å². The predicted octanol–water partition coefficient (Wildman–Crippen LogP) is 2.78. The van der Waals surface area contributed by atoms with Crippen LogP contribution in [0.1, 0.15) is 18.2 Å². The van der Waals surface area contributed by atoms with Gasteiger partial charge in [0.05, 0.1) is 6.54 Å².